The molecule has 5 unspecified atom stereocenters. The van der Waals surface area contributed by atoms with Gasteiger partial charge in [-0.3, -0.25) is 0 Å². The summed E-state index contributed by atoms with van der Waals surface area (Å²) in [6, 6.07) is -2.76. The van der Waals surface area contributed by atoms with Crippen molar-refractivity contribution in [3.63, 3.8) is 0 Å². The monoisotopic (exact) mass is 454 g/mol. The third kappa shape index (κ3) is 4.87. The molecule has 3 rings (SSSR count). The number of ether oxygens (including phenoxy) is 4. The van der Waals surface area contributed by atoms with Gasteiger partial charge in [-0.1, -0.05) is 0 Å². The van der Waals surface area contributed by atoms with Crippen molar-refractivity contribution in [1.29, 1.82) is 0 Å². The van der Waals surface area contributed by atoms with E-state index in [9.17, 15) is 30.6 Å². The predicted molar refractivity (Wildman–Crippen MR) is 102 cm³/mol. The van der Waals surface area contributed by atoms with E-state index in [-0.39, 0.29) is 13.0 Å². The van der Waals surface area contributed by atoms with Crippen LogP contribution in [0.25, 0.3) is 0 Å². The van der Waals surface area contributed by atoms with Gasteiger partial charge in [-0.05, 0) is 6.42 Å². The maximum Gasteiger partial charge on any atom is 0.187 e. The summed E-state index contributed by atoms with van der Waals surface area (Å²) in [5.74, 6) is 0. The van der Waals surface area contributed by atoms with Gasteiger partial charge >= 0.3 is 0 Å². The lowest BCUT2D eigenvalue weighted by Gasteiger charge is -2.47. The Hall–Kier alpha value is -0.560. The molecule has 14 nitrogen and oxygen atoms in total. The van der Waals surface area contributed by atoms with Gasteiger partial charge in [-0.15, -0.1) is 0 Å². The summed E-state index contributed by atoms with van der Waals surface area (Å²) in [6.45, 7) is -0.673. The molecule has 0 spiro atoms. The molecular weight excluding hydrogens is 420 g/mol. The Morgan fingerprint density at radius 1 is 0.710 bits per heavy atom. The Labute approximate surface area is 178 Å². The molecule has 31 heavy (non-hydrogen) atoms. The summed E-state index contributed by atoms with van der Waals surface area (Å²) in [6.07, 6.45) is -13.8. The van der Waals surface area contributed by atoms with Crippen molar-refractivity contribution < 1.29 is 49.6 Å². The number of hydrogen-bond acceptors (Lipinski definition) is 14. The van der Waals surface area contributed by atoms with Gasteiger partial charge in [0.2, 0.25) is 0 Å². The summed E-state index contributed by atoms with van der Waals surface area (Å²) >= 11 is 0. The summed E-state index contributed by atoms with van der Waals surface area (Å²) in [4.78, 5) is 0. The van der Waals surface area contributed by atoms with E-state index >= 15 is 0 Å². The molecule has 0 amide bonds. The molecule has 0 bridgehead atoms. The van der Waals surface area contributed by atoms with E-state index < -0.39 is 92.2 Å². The maximum atomic E-state index is 10.6. The first-order chi connectivity index (χ1) is 14.6. The third-order valence-corrected chi connectivity index (χ3v) is 6.13. The first-order valence-corrected chi connectivity index (χ1v) is 10.2. The van der Waals surface area contributed by atoms with Crippen LogP contribution in [0, 0.1) is 0 Å². The minimum atomic E-state index is -1.46. The Balaban J connectivity index is 1.78. The fraction of sp³-hybridized carbons (Fsp3) is 1.00. The fourth-order valence-electron chi connectivity index (χ4n) is 4.16. The predicted octanol–water partition coefficient (Wildman–Crippen LogP) is -6.65. The van der Waals surface area contributed by atoms with Crippen molar-refractivity contribution in [3.05, 3.63) is 0 Å². The van der Waals surface area contributed by atoms with E-state index in [1.54, 1.807) is 0 Å². The molecular formula is C17H34N4O10. The smallest absolute Gasteiger partial charge is 0.187 e. The summed E-state index contributed by atoms with van der Waals surface area (Å²) in [5, 5.41) is 60.3. The average molecular weight is 454 g/mol. The lowest BCUT2D eigenvalue weighted by molar-refractivity contribution is -0.310. The fourth-order valence-corrected chi connectivity index (χ4v) is 4.16. The van der Waals surface area contributed by atoms with Gasteiger partial charge in [0.15, 0.2) is 12.6 Å². The Morgan fingerprint density at radius 2 is 1.29 bits per heavy atom. The Morgan fingerprint density at radius 3 is 1.87 bits per heavy atom. The molecule has 1 aliphatic carbocycles. The van der Waals surface area contributed by atoms with Crippen molar-refractivity contribution in [2.24, 2.45) is 22.9 Å². The second-order valence-corrected chi connectivity index (χ2v) is 8.30. The minimum absolute atomic E-state index is 0.0716. The topological polar surface area (TPSA) is 262 Å². The lowest BCUT2D eigenvalue weighted by atomic mass is 9.84. The molecule has 2 saturated heterocycles. The zero-order valence-electron chi connectivity index (χ0n) is 16.8. The van der Waals surface area contributed by atoms with Crippen molar-refractivity contribution >= 4 is 0 Å². The normalized spacial score (nSPS) is 53.6. The third-order valence-electron chi connectivity index (χ3n) is 6.13. The molecule has 2 heterocycles. The van der Waals surface area contributed by atoms with E-state index in [4.69, 9.17) is 41.9 Å². The Kier molecular flexibility index (Phi) is 8.21. The zero-order valence-corrected chi connectivity index (χ0v) is 16.8. The van der Waals surface area contributed by atoms with Crippen LogP contribution >= 0.6 is 0 Å². The Bertz CT molecular complexity index is 591. The molecule has 14 N–H and O–H groups in total. The van der Waals surface area contributed by atoms with Crippen molar-refractivity contribution in [2.45, 2.75) is 92.1 Å². The first kappa shape index (κ1) is 25.1. The summed E-state index contributed by atoms with van der Waals surface area (Å²) in [7, 11) is 0. The van der Waals surface area contributed by atoms with Gasteiger partial charge < -0.3 is 72.5 Å². The molecule has 0 radical (unpaired) electrons. The van der Waals surface area contributed by atoms with Gasteiger partial charge in [-0.25, -0.2) is 0 Å². The number of nitrogens with two attached hydrogens (primary N) is 4. The zero-order chi connectivity index (χ0) is 23.0. The molecule has 1 saturated carbocycles. The number of rotatable bonds is 6. The molecule has 14 atom stereocenters. The molecule has 3 aliphatic rings. The van der Waals surface area contributed by atoms with Crippen LogP contribution in [0.15, 0.2) is 0 Å². The van der Waals surface area contributed by atoms with Crippen LogP contribution in [0.4, 0.5) is 0 Å². The summed E-state index contributed by atoms with van der Waals surface area (Å²) in [5.41, 5.74) is 23.6. The molecule has 0 aromatic rings. The molecule has 2 aliphatic heterocycles. The molecule has 3 fully saturated rings. The van der Waals surface area contributed by atoms with Crippen LogP contribution in [0.5, 0.6) is 0 Å². The van der Waals surface area contributed by atoms with Crippen molar-refractivity contribution in [2.75, 3.05) is 13.2 Å². The second-order valence-electron chi connectivity index (χ2n) is 8.30. The number of aliphatic hydroxyl groups is 6. The standard InChI is InChI=1S/C17H34N4O10/c18-2-6-10(24)13(27)17(28-6)31-15-9(23)4(19)1-5(20)14(15)30-16-8(21)12(26)11(25)7(3-22)29-16/h4-17,22-27H,1-3,18-21H2/t4-,5?,6-,7?,8+,9-,10+,11-,12?,13?,14-,15?,16-,17+/m1/s1. The van der Waals surface area contributed by atoms with Crippen LogP contribution in [0.3, 0.4) is 0 Å². The molecule has 0 aromatic carbocycles. The quantitative estimate of drug-likeness (QED) is 0.179. The maximum absolute atomic E-state index is 10.6. The minimum Gasteiger partial charge on any atom is -0.394 e. The van der Waals surface area contributed by atoms with E-state index in [0.29, 0.717) is 0 Å². The van der Waals surface area contributed by atoms with Crippen LogP contribution < -0.4 is 22.9 Å². The second kappa shape index (κ2) is 10.1. The van der Waals surface area contributed by atoms with E-state index in [0.717, 1.165) is 0 Å². The van der Waals surface area contributed by atoms with Crippen LogP contribution in [0.2, 0.25) is 0 Å². The van der Waals surface area contributed by atoms with Crippen LogP contribution in [-0.2, 0) is 18.9 Å². The van der Waals surface area contributed by atoms with E-state index in [1.165, 1.54) is 0 Å². The van der Waals surface area contributed by atoms with Crippen LogP contribution in [-0.4, -0.2) is 129 Å². The lowest BCUT2D eigenvalue weighted by Crippen LogP contribution is -2.68. The molecule has 14 heteroatoms. The average Bonchev–Trinajstić information content (AvgIpc) is 3.02. The van der Waals surface area contributed by atoms with Gasteiger partial charge in [-0.2, -0.15) is 0 Å². The van der Waals surface area contributed by atoms with Crippen molar-refractivity contribution in [3.8, 4) is 0 Å². The highest BCUT2D eigenvalue weighted by atomic mass is 16.7. The number of aliphatic hydroxyl groups excluding tert-OH is 6. The number of hydrogen-bond donors (Lipinski definition) is 10. The SMILES string of the molecule is NC[C@H]1O[C@@H](OC2[C@H](O[C@H]3OC(CO)[C@@H](O)C(O)[C@@H]3N)C(N)C[C@@H](N)[C@H]2O)C(O)[C@H]1O. The highest BCUT2D eigenvalue weighted by Crippen LogP contribution is 2.31. The highest BCUT2D eigenvalue weighted by Gasteiger charge is 2.52. The molecule has 182 valence electrons. The van der Waals surface area contributed by atoms with Crippen LogP contribution in [0.1, 0.15) is 6.42 Å². The van der Waals surface area contributed by atoms with Gasteiger partial charge in [0.25, 0.3) is 0 Å². The highest BCUT2D eigenvalue weighted by molar-refractivity contribution is 5.01. The van der Waals surface area contributed by atoms with E-state index in [2.05, 4.69) is 0 Å². The largest absolute Gasteiger partial charge is 0.394 e. The summed E-state index contributed by atoms with van der Waals surface area (Å²) < 4.78 is 22.5. The molecule has 0 aromatic heterocycles. The van der Waals surface area contributed by atoms with Gasteiger partial charge in [0, 0.05) is 18.6 Å². The van der Waals surface area contributed by atoms with Crippen molar-refractivity contribution in [1.82, 2.24) is 0 Å². The van der Waals surface area contributed by atoms with Gasteiger partial charge in [0.05, 0.1) is 18.8 Å². The van der Waals surface area contributed by atoms with E-state index in [1.807, 2.05) is 0 Å². The first-order valence-electron chi connectivity index (χ1n) is 10.2. The van der Waals surface area contributed by atoms with Gasteiger partial charge in [0.1, 0.15) is 48.8 Å².